The van der Waals surface area contributed by atoms with Crippen molar-refractivity contribution in [3.63, 3.8) is 0 Å². The molecule has 0 bridgehead atoms. The Bertz CT molecular complexity index is 498. The molecule has 4 nitrogen and oxygen atoms in total. The lowest BCUT2D eigenvalue weighted by molar-refractivity contribution is 0.579. The SMILES string of the molecule is Cn1ccn(CCNCCc2ccsc2)c1=O. The van der Waals surface area contributed by atoms with E-state index < -0.39 is 0 Å². The van der Waals surface area contributed by atoms with Crippen LogP contribution in [0.5, 0.6) is 0 Å². The van der Waals surface area contributed by atoms with Crippen molar-refractivity contribution in [3.05, 3.63) is 45.3 Å². The largest absolute Gasteiger partial charge is 0.327 e. The summed E-state index contributed by atoms with van der Waals surface area (Å²) in [5.41, 5.74) is 1.42. The van der Waals surface area contributed by atoms with E-state index in [2.05, 4.69) is 22.1 Å². The molecule has 1 N–H and O–H groups in total. The van der Waals surface area contributed by atoms with E-state index in [9.17, 15) is 4.79 Å². The Balaban J connectivity index is 1.67. The van der Waals surface area contributed by atoms with E-state index >= 15 is 0 Å². The van der Waals surface area contributed by atoms with Crippen LogP contribution in [-0.2, 0) is 20.0 Å². The van der Waals surface area contributed by atoms with Gasteiger partial charge in [0.1, 0.15) is 0 Å². The summed E-state index contributed by atoms with van der Waals surface area (Å²) in [6.45, 7) is 2.51. The van der Waals surface area contributed by atoms with Crippen LogP contribution in [0.25, 0.3) is 0 Å². The van der Waals surface area contributed by atoms with Crippen LogP contribution in [0.15, 0.2) is 34.0 Å². The van der Waals surface area contributed by atoms with Crippen molar-refractivity contribution < 1.29 is 0 Å². The molecular formula is C12H17N3OS. The summed E-state index contributed by atoms with van der Waals surface area (Å²) >= 11 is 1.73. The molecule has 92 valence electrons. The third kappa shape index (κ3) is 3.31. The highest BCUT2D eigenvalue weighted by Crippen LogP contribution is 2.05. The maximum absolute atomic E-state index is 11.5. The van der Waals surface area contributed by atoms with Crippen LogP contribution in [0.4, 0.5) is 0 Å². The molecule has 2 heterocycles. The lowest BCUT2D eigenvalue weighted by Crippen LogP contribution is -2.28. The molecule has 0 amide bonds. The van der Waals surface area contributed by atoms with Crippen molar-refractivity contribution in [2.45, 2.75) is 13.0 Å². The lowest BCUT2D eigenvalue weighted by atomic mass is 10.2. The van der Waals surface area contributed by atoms with Crippen LogP contribution < -0.4 is 11.0 Å². The van der Waals surface area contributed by atoms with Gasteiger partial charge in [0.2, 0.25) is 0 Å². The zero-order valence-corrected chi connectivity index (χ0v) is 10.7. The molecule has 17 heavy (non-hydrogen) atoms. The zero-order valence-electron chi connectivity index (χ0n) is 9.93. The summed E-state index contributed by atoms with van der Waals surface area (Å²) in [5.74, 6) is 0. The fraction of sp³-hybridized carbons (Fsp3) is 0.417. The molecule has 0 aromatic carbocycles. The number of hydrogen-bond donors (Lipinski definition) is 1. The van der Waals surface area contributed by atoms with Gasteiger partial charge in [-0.25, -0.2) is 4.79 Å². The Morgan fingerprint density at radius 3 is 2.88 bits per heavy atom. The topological polar surface area (TPSA) is 39.0 Å². The van der Waals surface area contributed by atoms with Crippen LogP contribution in [0, 0.1) is 0 Å². The minimum atomic E-state index is 0.0460. The number of thiophene rings is 1. The number of nitrogens with one attached hydrogen (secondary N) is 1. The Labute approximate surface area is 105 Å². The van der Waals surface area contributed by atoms with Gasteiger partial charge in [-0.15, -0.1) is 0 Å². The van der Waals surface area contributed by atoms with Crippen LogP contribution in [0.1, 0.15) is 5.56 Å². The maximum Gasteiger partial charge on any atom is 0.327 e. The van der Waals surface area contributed by atoms with Gasteiger partial charge in [-0.2, -0.15) is 11.3 Å². The quantitative estimate of drug-likeness (QED) is 0.780. The van der Waals surface area contributed by atoms with Gasteiger partial charge in [0.15, 0.2) is 0 Å². The van der Waals surface area contributed by atoms with Crippen LogP contribution in [0.3, 0.4) is 0 Å². The summed E-state index contributed by atoms with van der Waals surface area (Å²) < 4.78 is 3.31. The van der Waals surface area contributed by atoms with Gasteiger partial charge in [0, 0.05) is 32.5 Å². The second-order valence-corrected chi connectivity index (χ2v) is 4.80. The maximum atomic E-state index is 11.5. The van der Waals surface area contributed by atoms with Crippen molar-refractivity contribution in [1.82, 2.24) is 14.5 Å². The molecule has 2 aromatic heterocycles. The monoisotopic (exact) mass is 251 g/mol. The minimum absolute atomic E-state index is 0.0460. The van der Waals surface area contributed by atoms with Gasteiger partial charge < -0.3 is 9.88 Å². The average Bonchev–Trinajstić information content (AvgIpc) is 2.93. The lowest BCUT2D eigenvalue weighted by Gasteiger charge is -2.04. The van der Waals surface area contributed by atoms with Crippen LogP contribution >= 0.6 is 11.3 Å². The van der Waals surface area contributed by atoms with Gasteiger partial charge in [0.05, 0.1) is 0 Å². The first-order valence-corrected chi connectivity index (χ1v) is 6.65. The number of rotatable bonds is 6. The van der Waals surface area contributed by atoms with E-state index in [1.807, 2.05) is 6.20 Å². The smallest absolute Gasteiger partial charge is 0.315 e. The number of aryl methyl sites for hydroxylation is 1. The molecule has 2 rings (SSSR count). The minimum Gasteiger partial charge on any atom is -0.315 e. The highest BCUT2D eigenvalue weighted by Gasteiger charge is 1.98. The molecule has 2 aromatic rings. The molecule has 0 unspecified atom stereocenters. The molecule has 5 heteroatoms. The zero-order chi connectivity index (χ0) is 12.1. The highest BCUT2D eigenvalue weighted by atomic mass is 32.1. The van der Waals surface area contributed by atoms with E-state index in [1.165, 1.54) is 5.56 Å². The number of nitrogens with zero attached hydrogens (tertiary/aromatic N) is 2. The summed E-state index contributed by atoms with van der Waals surface area (Å²) in [6.07, 6.45) is 4.66. The first-order chi connectivity index (χ1) is 8.27. The molecule has 0 aliphatic rings. The second-order valence-electron chi connectivity index (χ2n) is 4.02. The number of imidazole rings is 1. The summed E-state index contributed by atoms with van der Waals surface area (Å²) in [5, 5.41) is 7.61. The van der Waals surface area contributed by atoms with Crippen LogP contribution in [-0.4, -0.2) is 22.2 Å². The predicted octanol–water partition coefficient (Wildman–Crippen LogP) is 1.08. The van der Waals surface area contributed by atoms with Gasteiger partial charge in [0.25, 0.3) is 0 Å². The van der Waals surface area contributed by atoms with Gasteiger partial charge in [-0.3, -0.25) is 4.57 Å². The van der Waals surface area contributed by atoms with Gasteiger partial charge in [-0.1, -0.05) is 0 Å². The number of aromatic nitrogens is 2. The second kappa shape index (κ2) is 5.84. The highest BCUT2D eigenvalue weighted by molar-refractivity contribution is 7.07. The third-order valence-corrected chi connectivity index (χ3v) is 3.45. The Morgan fingerprint density at radius 2 is 2.24 bits per heavy atom. The number of hydrogen-bond acceptors (Lipinski definition) is 3. The van der Waals surface area contributed by atoms with E-state index in [0.717, 1.165) is 26.1 Å². The van der Waals surface area contributed by atoms with E-state index in [-0.39, 0.29) is 5.69 Å². The Kier molecular flexibility index (Phi) is 4.17. The van der Waals surface area contributed by atoms with Crippen LogP contribution in [0.2, 0.25) is 0 Å². The van der Waals surface area contributed by atoms with E-state index in [0.29, 0.717) is 0 Å². The fourth-order valence-corrected chi connectivity index (χ4v) is 2.38. The third-order valence-electron chi connectivity index (χ3n) is 2.72. The fourth-order valence-electron chi connectivity index (χ4n) is 1.67. The Hall–Kier alpha value is -1.33. The van der Waals surface area contributed by atoms with Gasteiger partial charge >= 0.3 is 5.69 Å². The Morgan fingerprint density at radius 1 is 1.35 bits per heavy atom. The summed E-state index contributed by atoms with van der Waals surface area (Å²) in [7, 11) is 1.77. The normalized spacial score (nSPS) is 10.9. The first-order valence-electron chi connectivity index (χ1n) is 5.71. The molecule has 0 aliphatic heterocycles. The molecule has 0 spiro atoms. The molecule has 0 radical (unpaired) electrons. The van der Waals surface area contributed by atoms with Crippen molar-refractivity contribution in [1.29, 1.82) is 0 Å². The molecule has 0 fully saturated rings. The average molecular weight is 251 g/mol. The molecule has 0 aliphatic carbocycles. The first kappa shape index (κ1) is 12.1. The molecule has 0 saturated carbocycles. The molecular weight excluding hydrogens is 234 g/mol. The molecule has 0 saturated heterocycles. The van der Waals surface area contributed by atoms with Crippen molar-refractivity contribution >= 4 is 11.3 Å². The van der Waals surface area contributed by atoms with Gasteiger partial charge in [-0.05, 0) is 35.4 Å². The summed E-state index contributed by atoms with van der Waals surface area (Å²) in [4.78, 5) is 11.5. The molecule has 0 atom stereocenters. The van der Waals surface area contributed by atoms with Crippen molar-refractivity contribution in [2.75, 3.05) is 13.1 Å². The standard InChI is InChI=1S/C12H17N3OS/c1-14-7-8-15(12(14)16)6-5-13-4-2-11-3-9-17-10-11/h3,7-10,13H,2,4-6H2,1H3. The van der Waals surface area contributed by atoms with E-state index in [4.69, 9.17) is 0 Å². The van der Waals surface area contributed by atoms with Crippen molar-refractivity contribution in [3.8, 4) is 0 Å². The summed E-state index contributed by atoms with van der Waals surface area (Å²) in [6, 6.07) is 2.15. The van der Waals surface area contributed by atoms with E-state index in [1.54, 1.807) is 33.7 Å². The predicted molar refractivity (Wildman–Crippen MR) is 70.6 cm³/mol. The van der Waals surface area contributed by atoms with Crippen molar-refractivity contribution in [2.24, 2.45) is 7.05 Å².